The zero-order valence-corrected chi connectivity index (χ0v) is 11.5. The Morgan fingerprint density at radius 2 is 2.21 bits per heavy atom. The number of amides is 2. The Morgan fingerprint density at radius 3 is 2.79 bits per heavy atom. The van der Waals surface area contributed by atoms with Gasteiger partial charge in [-0.2, -0.15) is 0 Å². The number of rotatable bonds is 4. The third-order valence-electron chi connectivity index (χ3n) is 3.91. The summed E-state index contributed by atoms with van der Waals surface area (Å²) in [4.78, 5) is 26.1. The lowest BCUT2D eigenvalue weighted by Crippen LogP contribution is -2.65. The molecule has 1 aliphatic carbocycles. The van der Waals surface area contributed by atoms with E-state index in [1.54, 1.807) is 4.90 Å². The first-order valence-electron chi connectivity index (χ1n) is 7.04. The number of hydrogen-bond donors (Lipinski definition) is 2. The van der Waals surface area contributed by atoms with E-state index in [1.165, 1.54) is 0 Å². The quantitative estimate of drug-likeness (QED) is 0.728. The Kier molecular flexibility index (Phi) is 4.42. The first-order chi connectivity index (χ1) is 9.08. The Morgan fingerprint density at radius 1 is 1.47 bits per heavy atom. The zero-order valence-electron chi connectivity index (χ0n) is 11.5. The molecule has 3 N–H and O–H groups in total. The molecule has 0 spiro atoms. The molecular formula is C13H23N3O3. The Hall–Kier alpha value is -1.14. The van der Waals surface area contributed by atoms with Crippen molar-refractivity contribution in [2.24, 2.45) is 5.73 Å². The van der Waals surface area contributed by atoms with Gasteiger partial charge in [-0.3, -0.25) is 9.59 Å². The van der Waals surface area contributed by atoms with Gasteiger partial charge in [0.05, 0.1) is 18.8 Å². The van der Waals surface area contributed by atoms with E-state index in [0.717, 1.165) is 12.8 Å². The van der Waals surface area contributed by atoms with Crippen LogP contribution < -0.4 is 11.1 Å². The van der Waals surface area contributed by atoms with Gasteiger partial charge < -0.3 is 20.7 Å². The highest BCUT2D eigenvalue weighted by molar-refractivity contribution is 5.92. The molecule has 6 heteroatoms. The van der Waals surface area contributed by atoms with Crippen molar-refractivity contribution in [2.75, 3.05) is 26.3 Å². The molecule has 2 rings (SSSR count). The third-order valence-corrected chi connectivity index (χ3v) is 3.91. The van der Waals surface area contributed by atoms with Crippen molar-refractivity contribution in [1.29, 1.82) is 0 Å². The van der Waals surface area contributed by atoms with Crippen molar-refractivity contribution in [3.05, 3.63) is 0 Å². The van der Waals surface area contributed by atoms with E-state index < -0.39 is 11.6 Å². The normalized spacial score (nSPS) is 25.6. The Balaban J connectivity index is 2.03. The van der Waals surface area contributed by atoms with Gasteiger partial charge in [-0.25, -0.2) is 0 Å². The molecule has 1 unspecified atom stereocenters. The molecule has 0 aromatic carbocycles. The molecule has 2 fully saturated rings. The van der Waals surface area contributed by atoms with Crippen LogP contribution in [-0.2, 0) is 14.3 Å². The second-order valence-corrected chi connectivity index (χ2v) is 5.39. The number of nitrogens with one attached hydrogen (secondary N) is 1. The fourth-order valence-electron chi connectivity index (χ4n) is 2.49. The van der Waals surface area contributed by atoms with Crippen LogP contribution >= 0.6 is 0 Å². The lowest BCUT2D eigenvalue weighted by molar-refractivity contribution is -0.155. The summed E-state index contributed by atoms with van der Waals surface area (Å²) < 4.78 is 5.33. The molecular weight excluding hydrogens is 246 g/mol. The van der Waals surface area contributed by atoms with Crippen LogP contribution in [0.2, 0.25) is 0 Å². The van der Waals surface area contributed by atoms with Crippen molar-refractivity contribution in [1.82, 2.24) is 10.2 Å². The molecule has 0 aromatic heterocycles. The second-order valence-electron chi connectivity index (χ2n) is 5.39. The summed E-state index contributed by atoms with van der Waals surface area (Å²) in [6.07, 6.45) is 3.28. The minimum Gasteiger partial charge on any atom is -0.377 e. The van der Waals surface area contributed by atoms with E-state index in [2.05, 4.69) is 5.32 Å². The maximum Gasteiger partial charge on any atom is 0.245 e. The fraction of sp³-hybridized carbons (Fsp3) is 0.846. The summed E-state index contributed by atoms with van der Waals surface area (Å²) in [5.74, 6) is -0.239. The molecule has 1 heterocycles. The van der Waals surface area contributed by atoms with Crippen LogP contribution in [0.25, 0.3) is 0 Å². The minimum absolute atomic E-state index is 0.0984. The number of morpholine rings is 1. The molecule has 1 saturated carbocycles. The third kappa shape index (κ3) is 2.90. The number of nitrogens with two attached hydrogens (primary N) is 1. The number of nitrogens with zero attached hydrogens (tertiary/aromatic N) is 1. The standard InChI is InChI=1S/C13H23N3O3/c1-2-6-15-11(17)10-9-19-8-7-16(10)12(18)13(14)4-3-5-13/h10H,2-9,14H2,1H3,(H,15,17). The highest BCUT2D eigenvalue weighted by atomic mass is 16.5. The van der Waals surface area contributed by atoms with Crippen LogP contribution in [0.4, 0.5) is 0 Å². The molecule has 2 aliphatic rings. The van der Waals surface area contributed by atoms with E-state index >= 15 is 0 Å². The molecule has 1 atom stereocenters. The molecule has 0 aromatic rings. The van der Waals surface area contributed by atoms with Gasteiger partial charge in [-0.15, -0.1) is 0 Å². The van der Waals surface area contributed by atoms with Gasteiger partial charge in [0.1, 0.15) is 6.04 Å². The van der Waals surface area contributed by atoms with Crippen molar-refractivity contribution in [3.63, 3.8) is 0 Å². The van der Waals surface area contributed by atoms with Gasteiger partial charge in [-0.05, 0) is 25.7 Å². The van der Waals surface area contributed by atoms with E-state index in [9.17, 15) is 9.59 Å². The molecule has 1 aliphatic heterocycles. The molecule has 1 saturated heterocycles. The van der Waals surface area contributed by atoms with Gasteiger partial charge in [-0.1, -0.05) is 6.92 Å². The van der Waals surface area contributed by atoms with Gasteiger partial charge in [0.2, 0.25) is 11.8 Å². The first-order valence-corrected chi connectivity index (χ1v) is 7.04. The largest absolute Gasteiger partial charge is 0.377 e. The van der Waals surface area contributed by atoms with Crippen LogP contribution in [-0.4, -0.2) is 54.6 Å². The van der Waals surface area contributed by atoms with Crippen molar-refractivity contribution >= 4 is 11.8 Å². The number of ether oxygens (including phenoxy) is 1. The predicted octanol–water partition coefficient (Wildman–Crippen LogP) is -0.379. The lowest BCUT2D eigenvalue weighted by atomic mass is 9.76. The van der Waals surface area contributed by atoms with Crippen molar-refractivity contribution in [2.45, 2.75) is 44.2 Å². The predicted molar refractivity (Wildman–Crippen MR) is 70.4 cm³/mol. The van der Waals surface area contributed by atoms with Crippen LogP contribution in [0.3, 0.4) is 0 Å². The highest BCUT2D eigenvalue weighted by Gasteiger charge is 2.46. The summed E-state index contributed by atoms with van der Waals surface area (Å²) >= 11 is 0. The maximum absolute atomic E-state index is 12.5. The highest BCUT2D eigenvalue weighted by Crippen LogP contribution is 2.31. The van der Waals surface area contributed by atoms with Crippen LogP contribution in [0, 0.1) is 0 Å². The molecule has 6 nitrogen and oxygen atoms in total. The van der Waals surface area contributed by atoms with Gasteiger partial charge in [0.25, 0.3) is 0 Å². The van der Waals surface area contributed by atoms with E-state index in [-0.39, 0.29) is 18.4 Å². The molecule has 0 radical (unpaired) electrons. The average molecular weight is 269 g/mol. The number of carbonyl (C=O) groups excluding carboxylic acids is 2. The number of carbonyl (C=O) groups is 2. The minimum atomic E-state index is -0.749. The van der Waals surface area contributed by atoms with Crippen molar-refractivity contribution in [3.8, 4) is 0 Å². The second kappa shape index (κ2) is 5.88. The van der Waals surface area contributed by atoms with Crippen molar-refractivity contribution < 1.29 is 14.3 Å². The zero-order chi connectivity index (χ0) is 13.9. The van der Waals surface area contributed by atoms with E-state index in [1.807, 2.05) is 6.92 Å². The van der Waals surface area contributed by atoms with Crippen LogP contribution in [0.15, 0.2) is 0 Å². The van der Waals surface area contributed by atoms with Gasteiger partial charge >= 0.3 is 0 Å². The topological polar surface area (TPSA) is 84.7 Å². The monoisotopic (exact) mass is 269 g/mol. The molecule has 108 valence electrons. The smallest absolute Gasteiger partial charge is 0.245 e. The van der Waals surface area contributed by atoms with Gasteiger partial charge in [0.15, 0.2) is 0 Å². The average Bonchev–Trinajstić information content (AvgIpc) is 2.41. The summed E-state index contributed by atoms with van der Waals surface area (Å²) in [6.45, 7) is 3.79. The molecule has 0 bridgehead atoms. The van der Waals surface area contributed by atoms with E-state index in [4.69, 9.17) is 10.5 Å². The molecule has 19 heavy (non-hydrogen) atoms. The SMILES string of the molecule is CCCNC(=O)C1COCCN1C(=O)C1(N)CCC1. The number of hydrogen-bond acceptors (Lipinski definition) is 4. The van der Waals surface area contributed by atoms with Crippen LogP contribution in [0.1, 0.15) is 32.6 Å². The Bertz CT molecular complexity index is 355. The summed E-state index contributed by atoms with van der Waals surface area (Å²) in [5, 5.41) is 2.82. The summed E-state index contributed by atoms with van der Waals surface area (Å²) in [6, 6.07) is -0.533. The van der Waals surface area contributed by atoms with Crippen LogP contribution in [0.5, 0.6) is 0 Å². The fourth-order valence-corrected chi connectivity index (χ4v) is 2.49. The molecule has 2 amide bonds. The Labute approximate surface area is 113 Å². The first kappa shape index (κ1) is 14.3. The lowest BCUT2D eigenvalue weighted by Gasteiger charge is -2.44. The maximum atomic E-state index is 12.5. The summed E-state index contributed by atoms with van der Waals surface area (Å²) in [7, 11) is 0. The summed E-state index contributed by atoms with van der Waals surface area (Å²) in [5.41, 5.74) is 5.33. The van der Waals surface area contributed by atoms with E-state index in [0.29, 0.717) is 32.5 Å². The van der Waals surface area contributed by atoms with Gasteiger partial charge in [0, 0.05) is 13.1 Å².